The number of ether oxygens (including phenoxy) is 3. The zero-order valence-corrected chi connectivity index (χ0v) is 24.3. The van der Waals surface area contributed by atoms with Crippen LogP contribution in [0.25, 0.3) is 11.3 Å². The first-order chi connectivity index (χ1) is 17.1. The standard InChI is InChI=1S/C23H22Br2F2N2O5S2/c1-32-17-8-12(9-18(33-2)21(17)34-3)16-11-35-23(28-16)29-6-4-13(5-7-29)36(30,31)22-19(25)15(26)10-14(24)20(22)27/h8-11,13H,4-7H2,1-3H3. The first-order valence-electron chi connectivity index (χ1n) is 10.7. The van der Waals surface area contributed by atoms with Gasteiger partial charge in [0.15, 0.2) is 32.3 Å². The third kappa shape index (κ3) is 4.94. The zero-order chi connectivity index (χ0) is 26.2. The van der Waals surface area contributed by atoms with Crippen LogP contribution >= 0.6 is 43.2 Å². The molecule has 13 heteroatoms. The largest absolute Gasteiger partial charge is 0.493 e. The Labute approximate surface area is 228 Å². The number of sulfone groups is 1. The number of hydrogen-bond acceptors (Lipinski definition) is 8. The molecular formula is C23H22Br2F2N2O5S2. The number of thiazole rings is 1. The maximum absolute atomic E-state index is 14.7. The molecule has 0 amide bonds. The van der Waals surface area contributed by atoms with Gasteiger partial charge in [-0.05, 0) is 62.9 Å². The molecular weight excluding hydrogens is 646 g/mol. The van der Waals surface area contributed by atoms with Crippen LogP contribution in [0.15, 0.2) is 37.4 Å². The first-order valence-corrected chi connectivity index (χ1v) is 14.7. The van der Waals surface area contributed by atoms with Crippen LogP contribution in [0.1, 0.15) is 12.8 Å². The molecule has 1 aliphatic heterocycles. The molecule has 1 aromatic heterocycles. The summed E-state index contributed by atoms with van der Waals surface area (Å²) in [4.78, 5) is 6.07. The summed E-state index contributed by atoms with van der Waals surface area (Å²) in [6.45, 7) is 0.809. The van der Waals surface area contributed by atoms with Gasteiger partial charge in [-0.25, -0.2) is 22.2 Å². The minimum Gasteiger partial charge on any atom is -0.493 e. The van der Waals surface area contributed by atoms with E-state index in [1.54, 1.807) is 14.2 Å². The van der Waals surface area contributed by atoms with Crippen LogP contribution in [0.4, 0.5) is 13.9 Å². The molecule has 0 saturated carbocycles. The van der Waals surface area contributed by atoms with E-state index >= 15 is 0 Å². The van der Waals surface area contributed by atoms with Crippen LogP contribution < -0.4 is 19.1 Å². The lowest BCUT2D eigenvalue weighted by Gasteiger charge is -2.31. The Hall–Kier alpha value is -1.96. The molecule has 0 N–H and O–H groups in total. The van der Waals surface area contributed by atoms with Crippen molar-refractivity contribution in [2.45, 2.75) is 23.0 Å². The van der Waals surface area contributed by atoms with Gasteiger partial charge in [-0.2, -0.15) is 0 Å². The van der Waals surface area contributed by atoms with Gasteiger partial charge in [0.2, 0.25) is 5.75 Å². The number of benzene rings is 2. The lowest BCUT2D eigenvalue weighted by molar-refractivity contribution is 0.324. The maximum Gasteiger partial charge on any atom is 0.203 e. The Bertz CT molecular complexity index is 1340. The summed E-state index contributed by atoms with van der Waals surface area (Å²) in [6.07, 6.45) is 0.503. The average Bonchev–Trinajstić information content (AvgIpc) is 3.37. The zero-order valence-electron chi connectivity index (χ0n) is 19.5. The van der Waals surface area contributed by atoms with Gasteiger partial charge < -0.3 is 19.1 Å². The molecule has 0 radical (unpaired) electrons. The van der Waals surface area contributed by atoms with Gasteiger partial charge in [-0.1, -0.05) is 0 Å². The minimum atomic E-state index is -4.11. The summed E-state index contributed by atoms with van der Waals surface area (Å²) in [5.74, 6) is -0.345. The lowest BCUT2D eigenvalue weighted by Crippen LogP contribution is -2.39. The third-order valence-corrected chi connectivity index (χ3v) is 10.8. The van der Waals surface area contributed by atoms with Crippen LogP contribution in [0.2, 0.25) is 0 Å². The number of rotatable bonds is 7. The van der Waals surface area contributed by atoms with E-state index in [0.29, 0.717) is 36.0 Å². The normalized spacial score (nSPS) is 14.7. The molecule has 7 nitrogen and oxygen atoms in total. The Morgan fingerprint density at radius 3 is 2.19 bits per heavy atom. The van der Waals surface area contributed by atoms with Crippen LogP contribution in [0, 0.1) is 11.6 Å². The molecule has 1 fully saturated rings. The summed E-state index contributed by atoms with van der Waals surface area (Å²) >= 11 is 7.24. The van der Waals surface area contributed by atoms with Crippen molar-refractivity contribution in [1.29, 1.82) is 0 Å². The van der Waals surface area contributed by atoms with Crippen molar-refractivity contribution in [3.05, 3.63) is 44.2 Å². The molecule has 194 valence electrons. The Balaban J connectivity index is 1.54. The van der Waals surface area contributed by atoms with Crippen molar-refractivity contribution in [2.75, 3.05) is 39.3 Å². The molecule has 0 spiro atoms. The van der Waals surface area contributed by atoms with Crippen molar-refractivity contribution >= 4 is 58.2 Å². The smallest absolute Gasteiger partial charge is 0.203 e. The number of halogens is 4. The molecule has 3 aromatic rings. The van der Waals surface area contributed by atoms with E-state index in [1.165, 1.54) is 18.4 Å². The molecule has 2 aromatic carbocycles. The van der Waals surface area contributed by atoms with Gasteiger partial charge in [0.25, 0.3) is 0 Å². The van der Waals surface area contributed by atoms with Gasteiger partial charge in [0, 0.05) is 24.0 Å². The predicted octanol–water partition coefficient (Wildman–Crippen LogP) is 6.08. The van der Waals surface area contributed by atoms with E-state index in [2.05, 4.69) is 31.9 Å². The number of piperidine rings is 1. The fourth-order valence-electron chi connectivity index (χ4n) is 4.10. The molecule has 0 aliphatic carbocycles. The Morgan fingerprint density at radius 2 is 1.64 bits per heavy atom. The van der Waals surface area contributed by atoms with Crippen LogP contribution in [0.3, 0.4) is 0 Å². The van der Waals surface area contributed by atoms with E-state index < -0.39 is 31.6 Å². The van der Waals surface area contributed by atoms with E-state index in [0.717, 1.165) is 16.8 Å². The SMILES string of the molecule is COc1cc(-c2csc(N3CCC(S(=O)(=O)c4c(F)c(Br)cc(F)c4Br)CC3)n2)cc(OC)c1OC. The highest BCUT2D eigenvalue weighted by Gasteiger charge is 2.37. The van der Waals surface area contributed by atoms with Gasteiger partial charge >= 0.3 is 0 Å². The van der Waals surface area contributed by atoms with Gasteiger partial charge in [0.1, 0.15) is 10.7 Å². The number of hydrogen-bond donors (Lipinski definition) is 0. The highest BCUT2D eigenvalue weighted by atomic mass is 79.9. The summed E-state index contributed by atoms with van der Waals surface area (Å²) in [5.41, 5.74) is 1.49. The molecule has 0 atom stereocenters. The van der Waals surface area contributed by atoms with E-state index in [9.17, 15) is 17.2 Å². The van der Waals surface area contributed by atoms with Crippen LogP contribution in [-0.4, -0.2) is 53.1 Å². The predicted molar refractivity (Wildman–Crippen MR) is 141 cm³/mol. The second-order valence-electron chi connectivity index (χ2n) is 7.96. The monoisotopic (exact) mass is 666 g/mol. The summed E-state index contributed by atoms with van der Waals surface area (Å²) in [6, 6.07) is 4.51. The van der Waals surface area contributed by atoms with E-state index in [1.807, 2.05) is 22.4 Å². The molecule has 4 rings (SSSR count). The van der Waals surface area contributed by atoms with Crippen molar-refractivity contribution in [2.24, 2.45) is 0 Å². The minimum absolute atomic E-state index is 0.235. The Kier molecular flexibility index (Phi) is 8.13. The molecule has 1 aliphatic rings. The van der Waals surface area contributed by atoms with Crippen LogP contribution in [0.5, 0.6) is 17.2 Å². The van der Waals surface area contributed by atoms with Crippen molar-refractivity contribution in [1.82, 2.24) is 4.98 Å². The molecule has 1 saturated heterocycles. The van der Waals surface area contributed by atoms with Gasteiger partial charge in [0.05, 0.1) is 41.2 Å². The second kappa shape index (κ2) is 10.8. The van der Waals surface area contributed by atoms with Crippen molar-refractivity contribution in [3.63, 3.8) is 0 Å². The molecule has 2 heterocycles. The van der Waals surface area contributed by atoms with Gasteiger partial charge in [-0.3, -0.25) is 0 Å². The number of anilines is 1. The first kappa shape index (κ1) is 27.1. The number of methoxy groups -OCH3 is 3. The van der Waals surface area contributed by atoms with Crippen molar-refractivity contribution in [3.8, 4) is 28.5 Å². The number of aromatic nitrogens is 1. The summed E-state index contributed by atoms with van der Waals surface area (Å²) in [5, 5.41) is 1.79. The fraction of sp³-hybridized carbons (Fsp3) is 0.348. The van der Waals surface area contributed by atoms with Crippen molar-refractivity contribution < 1.29 is 31.4 Å². The maximum atomic E-state index is 14.7. The quantitative estimate of drug-likeness (QED) is 0.283. The second-order valence-corrected chi connectivity index (χ2v) is 12.6. The van der Waals surface area contributed by atoms with Crippen LogP contribution in [-0.2, 0) is 9.84 Å². The average molecular weight is 668 g/mol. The fourth-order valence-corrected chi connectivity index (χ4v) is 8.35. The number of nitrogens with zero attached hydrogens (tertiary/aromatic N) is 2. The lowest BCUT2D eigenvalue weighted by atomic mass is 10.1. The molecule has 0 unspecified atom stereocenters. The third-order valence-electron chi connectivity index (χ3n) is 5.96. The highest BCUT2D eigenvalue weighted by Crippen LogP contribution is 2.42. The molecule has 36 heavy (non-hydrogen) atoms. The highest BCUT2D eigenvalue weighted by molar-refractivity contribution is 9.11. The topological polar surface area (TPSA) is 78.0 Å². The van der Waals surface area contributed by atoms with Gasteiger partial charge in [-0.15, -0.1) is 11.3 Å². The Morgan fingerprint density at radius 1 is 1.03 bits per heavy atom. The summed E-state index contributed by atoms with van der Waals surface area (Å²) in [7, 11) is 0.504. The molecule has 0 bridgehead atoms. The van der Waals surface area contributed by atoms with E-state index in [-0.39, 0.29) is 21.8 Å². The van der Waals surface area contributed by atoms with E-state index in [4.69, 9.17) is 19.2 Å². The summed E-state index contributed by atoms with van der Waals surface area (Å²) < 4.78 is 70.8.